The van der Waals surface area contributed by atoms with Crippen molar-refractivity contribution in [2.45, 2.75) is 25.7 Å². The summed E-state index contributed by atoms with van der Waals surface area (Å²) < 4.78 is 15.9. The Morgan fingerprint density at radius 1 is 1.12 bits per heavy atom. The van der Waals surface area contributed by atoms with E-state index in [0.29, 0.717) is 6.61 Å². The van der Waals surface area contributed by atoms with E-state index in [2.05, 4.69) is 30.8 Å². The molecule has 24 heavy (non-hydrogen) atoms. The Labute approximate surface area is 141 Å². The number of hydrogen-bond acceptors (Lipinski definition) is 4. The van der Waals surface area contributed by atoms with E-state index in [1.54, 1.807) is 6.08 Å². The van der Waals surface area contributed by atoms with E-state index in [9.17, 15) is 4.79 Å². The first kappa shape index (κ1) is 16.3. The van der Waals surface area contributed by atoms with Crippen LogP contribution in [0.15, 0.2) is 61.2 Å². The van der Waals surface area contributed by atoms with Crippen LogP contribution in [0.25, 0.3) is 11.1 Å². The molecule has 2 aromatic carbocycles. The number of epoxide rings is 1. The van der Waals surface area contributed by atoms with Gasteiger partial charge in [0, 0.05) is 13.3 Å². The summed E-state index contributed by atoms with van der Waals surface area (Å²) in [5.41, 5.74) is 3.39. The van der Waals surface area contributed by atoms with Crippen molar-refractivity contribution in [3.63, 3.8) is 0 Å². The largest absolute Gasteiger partial charge is 0.466 e. The van der Waals surface area contributed by atoms with Gasteiger partial charge >= 0.3 is 5.97 Å². The normalized spacial score (nSPS) is 18.7. The van der Waals surface area contributed by atoms with Crippen LogP contribution in [0, 0.1) is 0 Å². The molecule has 0 radical (unpaired) electrons. The lowest BCUT2D eigenvalue weighted by Crippen LogP contribution is -2.03. The SMILES string of the molecule is C=C[C@@H]1OC1Oc1ccc(-c2ccc(CCOC(C)=O)cc2)cc1. The lowest BCUT2D eigenvalue weighted by molar-refractivity contribution is -0.140. The molecular weight excluding hydrogens is 304 g/mol. The number of ether oxygens (including phenoxy) is 3. The fraction of sp³-hybridized carbons (Fsp3) is 0.250. The highest BCUT2D eigenvalue weighted by atomic mass is 16.8. The highest BCUT2D eigenvalue weighted by Crippen LogP contribution is 2.28. The van der Waals surface area contributed by atoms with Crippen molar-refractivity contribution in [1.29, 1.82) is 0 Å². The zero-order chi connectivity index (χ0) is 16.9. The molecule has 1 unspecified atom stereocenters. The number of carbonyl (C=O) groups excluding carboxylic acids is 1. The lowest BCUT2D eigenvalue weighted by Gasteiger charge is -2.07. The van der Waals surface area contributed by atoms with Crippen molar-refractivity contribution in [3.8, 4) is 16.9 Å². The van der Waals surface area contributed by atoms with Gasteiger partial charge < -0.3 is 14.2 Å². The van der Waals surface area contributed by atoms with E-state index >= 15 is 0 Å². The van der Waals surface area contributed by atoms with Crippen LogP contribution < -0.4 is 4.74 Å². The van der Waals surface area contributed by atoms with Gasteiger partial charge in [-0.2, -0.15) is 0 Å². The van der Waals surface area contributed by atoms with E-state index < -0.39 is 0 Å². The zero-order valence-electron chi connectivity index (χ0n) is 13.6. The molecule has 1 aliphatic heterocycles. The fourth-order valence-electron chi connectivity index (χ4n) is 2.41. The number of carbonyl (C=O) groups is 1. The Hall–Kier alpha value is -2.59. The average Bonchev–Trinajstić information content (AvgIpc) is 3.34. The van der Waals surface area contributed by atoms with Crippen LogP contribution >= 0.6 is 0 Å². The number of benzene rings is 2. The molecule has 1 heterocycles. The summed E-state index contributed by atoms with van der Waals surface area (Å²) >= 11 is 0. The first-order valence-corrected chi connectivity index (χ1v) is 7.93. The van der Waals surface area contributed by atoms with Crippen LogP contribution in [0.5, 0.6) is 5.75 Å². The van der Waals surface area contributed by atoms with Gasteiger partial charge in [0.05, 0.1) is 6.61 Å². The third-order valence-electron chi connectivity index (χ3n) is 3.81. The molecule has 0 spiro atoms. The second-order valence-corrected chi connectivity index (χ2v) is 5.63. The molecule has 4 nitrogen and oxygen atoms in total. The van der Waals surface area contributed by atoms with Gasteiger partial charge in [-0.15, -0.1) is 6.58 Å². The summed E-state index contributed by atoms with van der Waals surface area (Å²) in [6.45, 7) is 5.51. The second kappa shape index (κ2) is 7.32. The van der Waals surface area contributed by atoms with E-state index in [1.807, 2.05) is 24.3 Å². The Morgan fingerprint density at radius 3 is 2.29 bits per heavy atom. The van der Waals surface area contributed by atoms with Gasteiger partial charge in [0.1, 0.15) is 11.9 Å². The van der Waals surface area contributed by atoms with Crippen LogP contribution in [0.1, 0.15) is 12.5 Å². The summed E-state index contributed by atoms with van der Waals surface area (Å²) in [7, 11) is 0. The molecule has 0 amide bonds. The molecule has 3 rings (SSSR count). The quantitative estimate of drug-likeness (QED) is 0.442. The van der Waals surface area contributed by atoms with E-state index in [-0.39, 0.29) is 18.4 Å². The average molecular weight is 324 g/mol. The van der Waals surface area contributed by atoms with E-state index in [4.69, 9.17) is 14.2 Å². The van der Waals surface area contributed by atoms with Gasteiger partial charge in [-0.25, -0.2) is 0 Å². The molecule has 1 aliphatic rings. The topological polar surface area (TPSA) is 48.1 Å². The Bertz CT molecular complexity index is 703. The van der Waals surface area contributed by atoms with Crippen LogP contribution in [-0.2, 0) is 20.7 Å². The van der Waals surface area contributed by atoms with E-state index in [0.717, 1.165) is 28.9 Å². The minimum absolute atomic E-state index is 0.00389. The van der Waals surface area contributed by atoms with Gasteiger partial charge in [0.15, 0.2) is 0 Å². The van der Waals surface area contributed by atoms with Crippen LogP contribution in [0.3, 0.4) is 0 Å². The molecule has 2 aromatic rings. The van der Waals surface area contributed by atoms with Crippen molar-refractivity contribution < 1.29 is 19.0 Å². The van der Waals surface area contributed by atoms with Crippen molar-refractivity contribution in [3.05, 3.63) is 66.7 Å². The molecule has 2 atom stereocenters. The van der Waals surface area contributed by atoms with Crippen LogP contribution in [-0.4, -0.2) is 25.0 Å². The van der Waals surface area contributed by atoms with Gasteiger partial charge in [-0.3, -0.25) is 4.79 Å². The van der Waals surface area contributed by atoms with E-state index in [1.165, 1.54) is 6.92 Å². The smallest absolute Gasteiger partial charge is 0.302 e. The zero-order valence-corrected chi connectivity index (χ0v) is 13.6. The van der Waals surface area contributed by atoms with Crippen LogP contribution in [0.2, 0.25) is 0 Å². The second-order valence-electron chi connectivity index (χ2n) is 5.63. The van der Waals surface area contributed by atoms with Crippen molar-refractivity contribution >= 4 is 5.97 Å². The maximum atomic E-state index is 10.8. The molecule has 0 bridgehead atoms. The minimum atomic E-state index is -0.245. The predicted molar refractivity (Wildman–Crippen MR) is 91.7 cm³/mol. The lowest BCUT2D eigenvalue weighted by atomic mass is 10.0. The first-order valence-electron chi connectivity index (χ1n) is 7.93. The summed E-state index contributed by atoms with van der Waals surface area (Å²) in [4.78, 5) is 10.8. The Morgan fingerprint density at radius 2 is 1.75 bits per heavy atom. The molecule has 0 saturated carbocycles. The van der Waals surface area contributed by atoms with Crippen molar-refractivity contribution in [2.75, 3.05) is 6.61 Å². The maximum absolute atomic E-state index is 10.8. The molecule has 0 aromatic heterocycles. The van der Waals surface area contributed by atoms with Crippen LogP contribution in [0.4, 0.5) is 0 Å². The summed E-state index contributed by atoms with van der Waals surface area (Å²) in [5.74, 6) is 0.538. The van der Waals surface area contributed by atoms with Gasteiger partial charge in [-0.05, 0) is 28.8 Å². The molecular formula is C20H20O4. The monoisotopic (exact) mass is 324 g/mol. The number of rotatable bonds is 7. The maximum Gasteiger partial charge on any atom is 0.302 e. The third kappa shape index (κ3) is 4.24. The van der Waals surface area contributed by atoms with Gasteiger partial charge in [-0.1, -0.05) is 42.5 Å². The summed E-state index contributed by atoms with van der Waals surface area (Å²) in [6, 6.07) is 16.2. The van der Waals surface area contributed by atoms with Gasteiger partial charge in [0.2, 0.25) is 6.29 Å². The highest BCUT2D eigenvalue weighted by Gasteiger charge is 2.38. The summed E-state index contributed by atoms with van der Waals surface area (Å²) in [6.07, 6.45) is 2.26. The first-order chi connectivity index (χ1) is 11.7. The number of esters is 1. The van der Waals surface area contributed by atoms with Crippen molar-refractivity contribution in [1.82, 2.24) is 0 Å². The molecule has 4 heteroatoms. The molecule has 124 valence electrons. The molecule has 0 aliphatic carbocycles. The minimum Gasteiger partial charge on any atom is -0.466 e. The molecule has 0 N–H and O–H groups in total. The molecule has 1 saturated heterocycles. The highest BCUT2D eigenvalue weighted by molar-refractivity contribution is 5.66. The Balaban J connectivity index is 1.57. The summed E-state index contributed by atoms with van der Waals surface area (Å²) in [5, 5.41) is 0. The molecule has 1 fully saturated rings. The standard InChI is InChI=1S/C20H20O4/c1-3-19-20(24-19)23-18-10-8-17(9-11-18)16-6-4-15(5-7-16)12-13-22-14(2)21/h3-11,19-20H,1,12-13H2,2H3/t19-,20?/m0/s1. The van der Waals surface area contributed by atoms with Crippen molar-refractivity contribution in [2.24, 2.45) is 0 Å². The number of hydrogen-bond donors (Lipinski definition) is 0. The fourth-order valence-corrected chi connectivity index (χ4v) is 2.41. The Kier molecular flexibility index (Phi) is 4.96. The van der Waals surface area contributed by atoms with Gasteiger partial charge in [0.25, 0.3) is 0 Å². The third-order valence-corrected chi connectivity index (χ3v) is 3.81. The predicted octanol–water partition coefficient (Wildman–Crippen LogP) is 3.75.